The highest BCUT2D eigenvalue weighted by Gasteiger charge is 2.14. The number of nitrogens with two attached hydrogens (primary N) is 1. The largest absolute Gasteiger partial charge is 0.489 e. The van der Waals surface area contributed by atoms with Crippen molar-refractivity contribution in [3.05, 3.63) is 59.5 Å². The van der Waals surface area contributed by atoms with Gasteiger partial charge in [-0.1, -0.05) is 18.2 Å². The molecule has 0 radical (unpaired) electrons. The second-order valence-electron chi connectivity index (χ2n) is 4.90. The van der Waals surface area contributed by atoms with E-state index in [4.69, 9.17) is 10.5 Å². The zero-order chi connectivity index (χ0) is 15.7. The average Bonchev–Trinajstić information content (AvgIpc) is 2.81. The van der Waals surface area contributed by atoms with E-state index < -0.39 is 5.91 Å². The number of fused-ring (bicyclic) bond motifs is 1. The zero-order valence-electron chi connectivity index (χ0n) is 11.9. The number of ether oxygens (including phenoxy) is 1. The van der Waals surface area contributed by atoms with Crippen LogP contribution < -0.4 is 10.5 Å². The first-order chi connectivity index (χ1) is 10.6. The molecular weight excluding hydrogens is 285 g/mol. The van der Waals surface area contributed by atoms with Gasteiger partial charge in [0.25, 0.3) is 5.91 Å². The maximum atomic E-state index is 13.6. The lowest BCUT2D eigenvalue weighted by Gasteiger charge is -2.07. The molecule has 0 atom stereocenters. The van der Waals surface area contributed by atoms with Crippen molar-refractivity contribution in [1.29, 1.82) is 0 Å². The van der Waals surface area contributed by atoms with Gasteiger partial charge in [-0.3, -0.25) is 9.48 Å². The summed E-state index contributed by atoms with van der Waals surface area (Å²) < 4.78 is 20.6. The Hall–Kier alpha value is -2.89. The molecule has 1 amide bonds. The molecular formula is C16H14FN3O2. The summed E-state index contributed by atoms with van der Waals surface area (Å²) in [5, 5.41) is 4.82. The number of aromatic nitrogens is 2. The van der Waals surface area contributed by atoms with E-state index in [1.54, 1.807) is 43.4 Å². The maximum Gasteiger partial charge on any atom is 0.267 e. The molecule has 0 unspecified atom stereocenters. The van der Waals surface area contributed by atoms with Gasteiger partial charge in [-0.2, -0.15) is 5.10 Å². The predicted octanol–water partition coefficient (Wildman–Crippen LogP) is 2.39. The summed E-state index contributed by atoms with van der Waals surface area (Å²) in [5.74, 6) is -0.356. The van der Waals surface area contributed by atoms with Gasteiger partial charge < -0.3 is 10.5 Å². The van der Waals surface area contributed by atoms with Crippen molar-refractivity contribution in [1.82, 2.24) is 9.78 Å². The standard InChI is InChI=1S/C16H14FN3O2/c1-20-15(16(18)21)12-8-11(6-7-14(12)19-20)22-9-10-4-2-3-5-13(10)17/h2-8H,9H2,1H3,(H2,18,21). The Bertz CT molecular complexity index is 858. The summed E-state index contributed by atoms with van der Waals surface area (Å²) in [6.45, 7) is 0.102. The molecule has 0 aliphatic rings. The summed E-state index contributed by atoms with van der Waals surface area (Å²) in [7, 11) is 1.65. The van der Waals surface area contributed by atoms with E-state index >= 15 is 0 Å². The first kappa shape index (κ1) is 14.1. The van der Waals surface area contributed by atoms with Crippen LogP contribution in [0.4, 0.5) is 4.39 Å². The van der Waals surface area contributed by atoms with E-state index in [0.29, 0.717) is 27.9 Å². The lowest BCUT2D eigenvalue weighted by Crippen LogP contribution is -2.15. The van der Waals surface area contributed by atoms with E-state index in [0.717, 1.165) is 0 Å². The molecule has 1 heterocycles. The van der Waals surface area contributed by atoms with Crippen LogP contribution in [0.2, 0.25) is 0 Å². The van der Waals surface area contributed by atoms with Crippen molar-refractivity contribution >= 4 is 16.8 Å². The average molecular weight is 299 g/mol. The second kappa shape index (κ2) is 5.48. The highest BCUT2D eigenvalue weighted by molar-refractivity contribution is 6.04. The Kier molecular flexibility index (Phi) is 3.50. The lowest BCUT2D eigenvalue weighted by atomic mass is 10.2. The first-order valence-electron chi connectivity index (χ1n) is 6.69. The van der Waals surface area contributed by atoms with Crippen LogP contribution in [0.15, 0.2) is 42.5 Å². The van der Waals surface area contributed by atoms with Crippen molar-refractivity contribution in [2.24, 2.45) is 12.8 Å². The number of nitrogens with zero attached hydrogens (tertiary/aromatic N) is 2. The molecule has 0 bridgehead atoms. The van der Waals surface area contributed by atoms with Crippen molar-refractivity contribution in [3.8, 4) is 5.75 Å². The van der Waals surface area contributed by atoms with Gasteiger partial charge in [-0.25, -0.2) is 4.39 Å². The van der Waals surface area contributed by atoms with Crippen molar-refractivity contribution < 1.29 is 13.9 Å². The number of benzene rings is 2. The summed E-state index contributed by atoms with van der Waals surface area (Å²) >= 11 is 0. The highest BCUT2D eigenvalue weighted by atomic mass is 19.1. The topological polar surface area (TPSA) is 70.1 Å². The van der Waals surface area contributed by atoms with Gasteiger partial charge in [0.05, 0.1) is 5.52 Å². The van der Waals surface area contributed by atoms with Crippen LogP contribution in [-0.2, 0) is 13.7 Å². The molecule has 0 aliphatic carbocycles. The minimum atomic E-state index is -0.559. The van der Waals surface area contributed by atoms with E-state index in [2.05, 4.69) is 5.10 Å². The number of aryl methyl sites for hydroxylation is 1. The van der Waals surface area contributed by atoms with E-state index in [1.165, 1.54) is 10.7 Å². The molecule has 5 nitrogen and oxygen atoms in total. The molecule has 1 aromatic heterocycles. The Balaban J connectivity index is 1.90. The number of carbonyl (C=O) groups is 1. The number of amides is 1. The first-order valence-corrected chi connectivity index (χ1v) is 6.69. The van der Waals surface area contributed by atoms with Gasteiger partial charge in [0.1, 0.15) is 23.9 Å². The van der Waals surface area contributed by atoms with Gasteiger partial charge in [0.2, 0.25) is 0 Å². The summed E-state index contributed by atoms with van der Waals surface area (Å²) in [6.07, 6.45) is 0. The third-order valence-corrected chi connectivity index (χ3v) is 3.39. The van der Waals surface area contributed by atoms with Gasteiger partial charge >= 0.3 is 0 Å². The van der Waals surface area contributed by atoms with Gasteiger partial charge in [0.15, 0.2) is 0 Å². The monoisotopic (exact) mass is 299 g/mol. The van der Waals surface area contributed by atoms with E-state index in [9.17, 15) is 9.18 Å². The van der Waals surface area contributed by atoms with Crippen LogP contribution in [0.3, 0.4) is 0 Å². The van der Waals surface area contributed by atoms with Crippen LogP contribution in [0.5, 0.6) is 5.75 Å². The minimum Gasteiger partial charge on any atom is -0.489 e. The van der Waals surface area contributed by atoms with Gasteiger partial charge in [0, 0.05) is 18.0 Å². The van der Waals surface area contributed by atoms with Crippen LogP contribution in [0, 0.1) is 5.82 Å². The number of rotatable bonds is 4. The molecule has 0 fully saturated rings. The smallest absolute Gasteiger partial charge is 0.267 e. The van der Waals surface area contributed by atoms with Crippen LogP contribution >= 0.6 is 0 Å². The van der Waals surface area contributed by atoms with E-state index in [-0.39, 0.29) is 12.4 Å². The molecule has 2 aromatic carbocycles. The fourth-order valence-electron chi connectivity index (χ4n) is 2.34. The molecule has 0 aliphatic heterocycles. The summed E-state index contributed by atoms with van der Waals surface area (Å²) in [5.41, 5.74) is 6.79. The summed E-state index contributed by atoms with van der Waals surface area (Å²) in [4.78, 5) is 11.5. The predicted molar refractivity (Wildman–Crippen MR) is 80.0 cm³/mol. The minimum absolute atomic E-state index is 0.102. The quantitative estimate of drug-likeness (QED) is 0.804. The fourth-order valence-corrected chi connectivity index (χ4v) is 2.34. The Morgan fingerprint density at radius 2 is 2.09 bits per heavy atom. The third kappa shape index (κ3) is 2.50. The lowest BCUT2D eigenvalue weighted by molar-refractivity contribution is 0.0993. The number of primary amides is 1. The zero-order valence-corrected chi connectivity index (χ0v) is 11.9. The molecule has 3 rings (SSSR count). The Morgan fingerprint density at radius 3 is 2.82 bits per heavy atom. The molecule has 112 valence electrons. The van der Waals surface area contributed by atoms with Crippen LogP contribution in [0.25, 0.3) is 10.9 Å². The number of hydrogen-bond acceptors (Lipinski definition) is 3. The molecule has 6 heteroatoms. The number of halogens is 1. The normalized spacial score (nSPS) is 10.8. The second-order valence-corrected chi connectivity index (χ2v) is 4.90. The highest BCUT2D eigenvalue weighted by Crippen LogP contribution is 2.24. The fraction of sp³-hybridized carbons (Fsp3) is 0.125. The maximum absolute atomic E-state index is 13.6. The van der Waals surface area contributed by atoms with Gasteiger partial charge in [-0.05, 0) is 24.3 Å². The molecule has 22 heavy (non-hydrogen) atoms. The van der Waals surface area contributed by atoms with E-state index in [1.807, 2.05) is 0 Å². The Labute approximate surface area is 126 Å². The molecule has 0 saturated carbocycles. The van der Waals surface area contributed by atoms with Crippen molar-refractivity contribution in [3.63, 3.8) is 0 Å². The van der Waals surface area contributed by atoms with Crippen molar-refractivity contribution in [2.45, 2.75) is 6.61 Å². The molecule has 0 spiro atoms. The Morgan fingerprint density at radius 1 is 1.32 bits per heavy atom. The number of hydrogen-bond donors (Lipinski definition) is 1. The molecule has 2 N–H and O–H groups in total. The van der Waals surface area contributed by atoms with Gasteiger partial charge in [-0.15, -0.1) is 0 Å². The van der Waals surface area contributed by atoms with Crippen LogP contribution in [-0.4, -0.2) is 15.7 Å². The third-order valence-electron chi connectivity index (χ3n) is 3.39. The van der Waals surface area contributed by atoms with Crippen LogP contribution in [0.1, 0.15) is 16.1 Å². The number of carbonyl (C=O) groups excluding carboxylic acids is 1. The SMILES string of the molecule is Cn1nc2ccc(OCc3ccccc3F)cc2c1C(N)=O. The van der Waals surface area contributed by atoms with Crippen molar-refractivity contribution in [2.75, 3.05) is 0 Å². The molecule has 3 aromatic rings. The summed E-state index contributed by atoms with van der Waals surface area (Å²) in [6, 6.07) is 11.6. The molecule has 0 saturated heterocycles.